The molecule has 1 fully saturated rings. The maximum Gasteiger partial charge on any atom is 0.330 e. The number of carboxylic acids is 2. The number of amides is 2. The van der Waals surface area contributed by atoms with Gasteiger partial charge in [0.25, 0.3) is 5.56 Å². The van der Waals surface area contributed by atoms with E-state index in [1.165, 1.54) is 15.7 Å². The van der Waals surface area contributed by atoms with Crippen molar-refractivity contribution in [3.05, 3.63) is 32.6 Å². The second-order valence-electron chi connectivity index (χ2n) is 13.9. The summed E-state index contributed by atoms with van der Waals surface area (Å²) in [6.07, 6.45) is 17.1. The fourth-order valence-electron chi connectivity index (χ4n) is 6.43. The Balaban J connectivity index is 0.0000140. The van der Waals surface area contributed by atoms with Crippen LogP contribution in [0.25, 0.3) is 0 Å². The molecular weight excluding hydrogens is 690 g/mol. The highest BCUT2D eigenvalue weighted by Crippen LogP contribution is 2.27. The highest BCUT2D eigenvalue weighted by Gasteiger charge is 2.35. The number of carboxylic acid groups (broad SMARTS) is 2. The van der Waals surface area contributed by atoms with E-state index < -0.39 is 41.6 Å². The summed E-state index contributed by atoms with van der Waals surface area (Å²) in [5, 5.41) is 34.0. The first-order valence-corrected chi connectivity index (χ1v) is 19.4. The zero-order valence-electron chi connectivity index (χ0n) is 31.6. The van der Waals surface area contributed by atoms with E-state index in [1.54, 1.807) is 0 Å². The van der Waals surface area contributed by atoms with Gasteiger partial charge >= 0.3 is 17.6 Å². The fraction of sp³-hybridized carbons (Fsp3) is 0.784. The third-order valence-corrected chi connectivity index (χ3v) is 9.44. The number of aliphatic carboxylic acids is 2. The van der Waals surface area contributed by atoms with E-state index in [0.29, 0.717) is 37.9 Å². The lowest BCUT2D eigenvalue weighted by Gasteiger charge is -2.17. The molecule has 0 unspecified atom stereocenters. The van der Waals surface area contributed by atoms with Crippen LogP contribution in [0.15, 0.2) is 15.8 Å². The van der Waals surface area contributed by atoms with Gasteiger partial charge in [0.15, 0.2) is 0 Å². The van der Waals surface area contributed by atoms with Crippen LogP contribution in [-0.4, -0.2) is 104 Å². The summed E-state index contributed by atoms with van der Waals surface area (Å²) < 4.78 is 7.13. The van der Waals surface area contributed by atoms with E-state index in [1.807, 2.05) is 6.92 Å². The molecule has 0 spiro atoms. The lowest BCUT2D eigenvalue weighted by Crippen LogP contribution is -2.37. The van der Waals surface area contributed by atoms with Crippen LogP contribution >= 0.6 is 0 Å². The van der Waals surface area contributed by atoms with Gasteiger partial charge in [-0.05, 0) is 38.6 Å². The molecule has 0 aliphatic carbocycles. The number of carbonyl (C=O) groups excluding carboxylic acids is 2. The molecule has 2 amide bonds. The first kappa shape index (κ1) is 47.4. The number of H-pyrrole nitrogens is 1. The monoisotopic (exact) mass is 755 g/mol. The average Bonchev–Trinajstić information content (AvgIpc) is 3.46. The highest BCUT2D eigenvalue weighted by atomic mass is 16.5. The molecule has 1 aliphatic rings. The van der Waals surface area contributed by atoms with E-state index in [9.17, 15) is 33.9 Å². The topological polar surface area (TPSA) is 252 Å². The fourth-order valence-corrected chi connectivity index (χ4v) is 6.43. The Morgan fingerprint density at radius 3 is 1.81 bits per heavy atom. The summed E-state index contributed by atoms with van der Waals surface area (Å²) in [6.45, 7) is 2.65. The van der Waals surface area contributed by atoms with Crippen molar-refractivity contribution in [1.29, 1.82) is 0 Å². The molecule has 0 aromatic carbocycles. The smallest absolute Gasteiger partial charge is 0.330 e. The molecule has 0 bridgehead atoms. The number of ether oxygens (including phenoxy) is 1. The van der Waals surface area contributed by atoms with Crippen LogP contribution in [0.1, 0.15) is 141 Å². The molecule has 16 heteroatoms. The van der Waals surface area contributed by atoms with Crippen LogP contribution in [0.2, 0.25) is 0 Å². The second-order valence-corrected chi connectivity index (χ2v) is 13.9. The predicted octanol–water partition coefficient (Wildman–Crippen LogP) is 2.65. The molecule has 1 aromatic rings. The largest absolute Gasteiger partial charge is 0.480 e. The van der Waals surface area contributed by atoms with Crippen molar-refractivity contribution in [2.24, 2.45) is 0 Å². The predicted molar refractivity (Wildman–Crippen MR) is 200 cm³/mol. The summed E-state index contributed by atoms with van der Waals surface area (Å²) in [5.41, 5.74) is -0.556. The van der Waals surface area contributed by atoms with Gasteiger partial charge in [-0.2, -0.15) is 0 Å². The molecule has 16 nitrogen and oxygen atoms in total. The summed E-state index contributed by atoms with van der Waals surface area (Å²) in [4.78, 5) is 73.9. The van der Waals surface area contributed by atoms with Crippen LogP contribution in [0.4, 0.5) is 0 Å². The van der Waals surface area contributed by atoms with Crippen molar-refractivity contribution in [2.75, 3.05) is 32.7 Å². The SMILES string of the molecule is CCc1cn([C@H]2C[C@H](O)[C@@H](CNC(=O)CCCCCCCCCCNC(=O)CCCCCCCCCCN(CC(=O)O)CC(=O)O)O2)c(=O)[nH]c1=O.O. The van der Waals surface area contributed by atoms with E-state index in [0.717, 1.165) is 103 Å². The Kier molecular flexibility index (Phi) is 25.0. The Morgan fingerprint density at radius 2 is 1.28 bits per heavy atom. The van der Waals surface area contributed by atoms with Crippen molar-refractivity contribution in [3.8, 4) is 0 Å². The first-order chi connectivity index (χ1) is 25.0. The van der Waals surface area contributed by atoms with E-state index in [2.05, 4.69) is 15.6 Å². The Labute approximate surface area is 312 Å². The lowest BCUT2D eigenvalue weighted by atomic mass is 10.1. The standard InChI is InChI=1S/C37H63N5O10.H2O/c1-2-28-25-42(37(51)40-36(28)50)33-23-29(43)30(52-33)24-39-32(45)20-16-12-7-3-5-9-13-17-21-38-31(44)19-15-11-8-4-6-10-14-18-22-41(26-34(46)47)27-35(48)49;/h25,29-30,33,43H,2-24,26-27H2,1H3,(H,38,44)(H,39,45)(H,46,47)(H,48,49)(H,40,50,51);1H2/t29-,30+,33+;/m0./s1. The molecule has 2 rings (SSSR count). The second kappa shape index (κ2) is 27.9. The summed E-state index contributed by atoms with van der Waals surface area (Å²) in [5.74, 6) is -2.02. The number of rotatable bonds is 30. The van der Waals surface area contributed by atoms with Crippen LogP contribution in [0.3, 0.4) is 0 Å². The van der Waals surface area contributed by atoms with Crippen molar-refractivity contribution >= 4 is 23.8 Å². The minimum absolute atomic E-state index is 0. The van der Waals surface area contributed by atoms with Gasteiger partial charge in [-0.1, -0.05) is 84.0 Å². The van der Waals surface area contributed by atoms with E-state index in [-0.39, 0.29) is 43.3 Å². The number of nitrogens with zero attached hydrogens (tertiary/aromatic N) is 2. The third-order valence-electron chi connectivity index (χ3n) is 9.44. The zero-order valence-corrected chi connectivity index (χ0v) is 31.6. The van der Waals surface area contributed by atoms with Gasteiger partial charge in [-0.15, -0.1) is 0 Å². The Morgan fingerprint density at radius 1 is 0.792 bits per heavy atom. The zero-order chi connectivity index (χ0) is 38.1. The quantitative estimate of drug-likeness (QED) is 0.0623. The van der Waals surface area contributed by atoms with Crippen molar-refractivity contribution in [1.82, 2.24) is 25.1 Å². The van der Waals surface area contributed by atoms with E-state index in [4.69, 9.17) is 14.9 Å². The number of hydrogen-bond acceptors (Lipinski definition) is 9. The summed E-state index contributed by atoms with van der Waals surface area (Å²) in [7, 11) is 0. The molecule has 1 aliphatic heterocycles. The minimum Gasteiger partial charge on any atom is -0.480 e. The van der Waals surface area contributed by atoms with Gasteiger partial charge < -0.3 is 36.2 Å². The molecular formula is C37H65N5O11. The molecule has 3 atom stereocenters. The van der Waals surface area contributed by atoms with Crippen LogP contribution in [0.5, 0.6) is 0 Å². The van der Waals surface area contributed by atoms with Crippen molar-refractivity contribution < 1.29 is 44.7 Å². The van der Waals surface area contributed by atoms with Crippen LogP contribution in [0, 0.1) is 0 Å². The number of aryl methyl sites for hydroxylation is 1. The van der Waals surface area contributed by atoms with Gasteiger partial charge in [0.1, 0.15) is 12.3 Å². The summed E-state index contributed by atoms with van der Waals surface area (Å²) >= 11 is 0. The number of hydrogen-bond donors (Lipinski definition) is 6. The minimum atomic E-state index is -1.02. The Hall–Kier alpha value is -3.60. The number of aliphatic hydroxyl groups is 1. The number of aromatic amines is 1. The highest BCUT2D eigenvalue weighted by molar-refractivity contribution is 5.76. The molecule has 0 radical (unpaired) electrons. The molecule has 1 aromatic heterocycles. The Bertz CT molecular complexity index is 1320. The lowest BCUT2D eigenvalue weighted by molar-refractivity contribution is -0.141. The van der Waals surface area contributed by atoms with Crippen molar-refractivity contribution in [3.63, 3.8) is 0 Å². The maximum absolute atomic E-state index is 12.3. The number of aromatic nitrogens is 2. The number of aliphatic hydroxyl groups excluding tert-OH is 1. The average molecular weight is 756 g/mol. The van der Waals surface area contributed by atoms with Gasteiger partial charge in [-0.25, -0.2) is 4.79 Å². The molecule has 53 heavy (non-hydrogen) atoms. The van der Waals surface area contributed by atoms with Gasteiger partial charge in [0, 0.05) is 44.1 Å². The van der Waals surface area contributed by atoms with E-state index >= 15 is 0 Å². The number of nitrogens with one attached hydrogen (secondary N) is 3. The molecule has 2 heterocycles. The van der Waals surface area contributed by atoms with Gasteiger partial charge in [0.2, 0.25) is 11.8 Å². The van der Waals surface area contributed by atoms with Crippen LogP contribution < -0.4 is 21.9 Å². The van der Waals surface area contributed by atoms with Gasteiger partial charge in [-0.3, -0.25) is 38.4 Å². The molecule has 1 saturated heterocycles. The molecule has 0 saturated carbocycles. The van der Waals surface area contributed by atoms with Gasteiger partial charge in [0.05, 0.1) is 19.2 Å². The first-order valence-electron chi connectivity index (χ1n) is 19.4. The third kappa shape index (κ3) is 21.0. The van der Waals surface area contributed by atoms with Crippen molar-refractivity contribution in [2.45, 2.75) is 154 Å². The number of carbonyl (C=O) groups is 4. The maximum atomic E-state index is 12.3. The number of unbranched alkanes of at least 4 members (excludes halogenated alkanes) is 14. The normalized spacial score (nSPS) is 16.7. The molecule has 8 N–H and O–H groups in total. The van der Waals surface area contributed by atoms with Crippen LogP contribution in [-0.2, 0) is 30.3 Å². The summed E-state index contributed by atoms with van der Waals surface area (Å²) in [6, 6.07) is 0. The molecule has 304 valence electrons.